The topological polar surface area (TPSA) is 140 Å². The highest BCUT2D eigenvalue weighted by Crippen LogP contribution is 2.44. The van der Waals surface area contributed by atoms with Gasteiger partial charge < -0.3 is 57.4 Å². The molecule has 6 aliphatic rings. The number of hydroxylamine groups is 1. The summed E-state index contributed by atoms with van der Waals surface area (Å²) >= 11 is 0. The highest BCUT2D eigenvalue weighted by Gasteiger charge is 2.64. The molecule has 14 heteroatoms. The van der Waals surface area contributed by atoms with E-state index in [0.29, 0.717) is 18.1 Å². The van der Waals surface area contributed by atoms with Crippen molar-refractivity contribution in [2.24, 2.45) is 5.28 Å². The number of hydrogen-bond acceptors (Lipinski definition) is 13. The summed E-state index contributed by atoms with van der Waals surface area (Å²) in [5, 5.41) is 17.0. The van der Waals surface area contributed by atoms with E-state index in [2.05, 4.69) is 5.28 Å². The van der Waals surface area contributed by atoms with Gasteiger partial charge >= 0.3 is 6.23 Å². The van der Waals surface area contributed by atoms with E-state index < -0.39 is 84.5 Å². The second-order valence-electron chi connectivity index (χ2n) is 12.3. The first kappa shape index (κ1) is 27.0. The Morgan fingerprint density at radius 2 is 1.08 bits per heavy atom. The molecule has 6 heterocycles. The van der Waals surface area contributed by atoms with Crippen molar-refractivity contribution in [3.8, 4) is 0 Å². The van der Waals surface area contributed by atoms with E-state index in [1.807, 2.05) is 27.7 Å². The number of fused-ring (bicyclic) bond motifs is 2. The molecule has 6 rings (SSSR count). The van der Waals surface area contributed by atoms with Gasteiger partial charge in [0, 0.05) is 0 Å². The van der Waals surface area contributed by atoms with Gasteiger partial charge in [-0.05, 0) is 60.3 Å². The van der Waals surface area contributed by atoms with Crippen LogP contribution in [0.3, 0.4) is 0 Å². The number of rotatable bonds is 5. The minimum atomic E-state index is -1.14. The molecule has 0 aromatic heterocycles. The molecule has 6 aliphatic heterocycles. The maximum Gasteiger partial charge on any atom is 0.326 e. The lowest BCUT2D eigenvalue weighted by Gasteiger charge is -2.26. The van der Waals surface area contributed by atoms with E-state index in [1.165, 1.54) is 0 Å². The van der Waals surface area contributed by atoms with Gasteiger partial charge in [0.1, 0.15) is 36.6 Å². The Balaban J connectivity index is 1.17. The van der Waals surface area contributed by atoms with Gasteiger partial charge in [0.15, 0.2) is 35.4 Å². The van der Waals surface area contributed by atoms with E-state index in [-0.39, 0.29) is 0 Å². The van der Waals surface area contributed by atoms with E-state index in [4.69, 9.17) is 52.2 Å². The first-order chi connectivity index (χ1) is 17.6. The van der Waals surface area contributed by atoms with E-state index >= 15 is 0 Å². The molecule has 0 aromatic rings. The summed E-state index contributed by atoms with van der Waals surface area (Å²) in [5.74, 6) is -3.31. The second kappa shape index (κ2) is 8.90. The van der Waals surface area contributed by atoms with Crippen LogP contribution >= 0.6 is 0 Å². The molecule has 0 spiro atoms. The Morgan fingerprint density at radius 1 is 0.605 bits per heavy atom. The van der Waals surface area contributed by atoms with Crippen LogP contribution in [0.25, 0.3) is 0 Å². The lowest BCUT2D eigenvalue weighted by atomic mass is 10.1. The van der Waals surface area contributed by atoms with E-state index in [0.717, 1.165) is 0 Å². The van der Waals surface area contributed by atoms with Crippen LogP contribution < -0.4 is 0 Å². The Labute approximate surface area is 221 Å². The highest BCUT2D eigenvalue weighted by molar-refractivity contribution is 5.00. The molecule has 0 aliphatic carbocycles. The molecule has 10 unspecified atom stereocenters. The summed E-state index contributed by atoms with van der Waals surface area (Å²) in [7, 11) is 0. The average Bonchev–Trinajstić information content (AvgIpc) is 3.59. The molecule has 0 amide bonds. The van der Waals surface area contributed by atoms with Gasteiger partial charge in [-0.15, -0.1) is 0 Å². The first-order valence-corrected chi connectivity index (χ1v) is 13.1. The first-order valence-electron chi connectivity index (χ1n) is 13.1. The minimum Gasteiger partial charge on any atom is -0.595 e. The summed E-state index contributed by atoms with van der Waals surface area (Å²) in [4.78, 5) is 5.93. The standard InChI is InChI=1S/C24H38N2O12/c1-21(2)28-9-11(32-21)13-15-17(36-23(5,6)34-15)19(30-13)26(27)25-38-20-18-16(35-24(7,8)37-18)14(31-20)12-10-29-22(3,4)33-12/h11-20H,9-10H2,1-8H3. The third-order valence-electron chi connectivity index (χ3n) is 7.35. The van der Waals surface area contributed by atoms with Gasteiger partial charge in [-0.3, -0.25) is 0 Å². The molecule has 0 saturated carbocycles. The van der Waals surface area contributed by atoms with E-state index in [1.54, 1.807) is 27.7 Å². The number of hydrogen-bond donors (Lipinski definition) is 0. The molecule has 0 radical (unpaired) electrons. The van der Waals surface area contributed by atoms with Crippen LogP contribution in [0.1, 0.15) is 55.4 Å². The third kappa shape index (κ3) is 4.93. The van der Waals surface area contributed by atoms with Crippen molar-refractivity contribution >= 4 is 0 Å². The minimum absolute atomic E-state index is 0.293. The predicted molar refractivity (Wildman–Crippen MR) is 122 cm³/mol. The van der Waals surface area contributed by atoms with Crippen molar-refractivity contribution in [1.82, 2.24) is 0 Å². The van der Waals surface area contributed by atoms with Crippen LogP contribution in [0.5, 0.6) is 0 Å². The summed E-state index contributed by atoms with van der Waals surface area (Å²) < 4.78 is 59.7. The smallest absolute Gasteiger partial charge is 0.326 e. The van der Waals surface area contributed by atoms with Gasteiger partial charge in [-0.2, -0.15) is 0 Å². The Hall–Kier alpha value is -1.20. The second-order valence-corrected chi connectivity index (χ2v) is 12.3. The normalized spacial score (nSPS) is 48.4. The fourth-order valence-electron chi connectivity index (χ4n) is 5.95. The molecule has 0 aromatic carbocycles. The van der Waals surface area contributed by atoms with Crippen molar-refractivity contribution in [3.05, 3.63) is 5.21 Å². The molecule has 0 N–H and O–H groups in total. The van der Waals surface area contributed by atoms with Gasteiger partial charge in [0.25, 0.3) is 6.29 Å². The highest BCUT2D eigenvalue weighted by atomic mass is 16.9. The summed E-state index contributed by atoms with van der Waals surface area (Å²) in [6.07, 6.45) is -6.59. The van der Waals surface area contributed by atoms with E-state index in [9.17, 15) is 5.21 Å². The molecular formula is C24H38N2O12. The quantitative estimate of drug-likeness (QED) is 0.281. The largest absolute Gasteiger partial charge is 0.595 e. The molecule has 6 saturated heterocycles. The predicted octanol–water partition coefficient (Wildman–Crippen LogP) is 1.67. The van der Waals surface area contributed by atoms with Crippen LogP contribution in [-0.4, -0.2) is 103 Å². The van der Waals surface area contributed by atoms with Crippen molar-refractivity contribution < 1.29 is 57.1 Å². The molecule has 6 fully saturated rings. The average molecular weight is 547 g/mol. The fraction of sp³-hybridized carbons (Fsp3) is 1.00. The summed E-state index contributed by atoms with van der Waals surface area (Å²) in [6.45, 7) is 15.1. The van der Waals surface area contributed by atoms with Crippen LogP contribution in [0.15, 0.2) is 5.28 Å². The van der Waals surface area contributed by atoms with Crippen LogP contribution in [0.2, 0.25) is 0 Å². The maximum atomic E-state index is 13.2. The van der Waals surface area contributed by atoms with Gasteiger partial charge in [0.05, 0.1) is 13.2 Å². The molecule has 38 heavy (non-hydrogen) atoms. The molecule has 216 valence electrons. The summed E-state index contributed by atoms with van der Waals surface area (Å²) in [5.41, 5.74) is 0. The molecule has 10 atom stereocenters. The van der Waals surface area contributed by atoms with Crippen molar-refractivity contribution in [2.75, 3.05) is 13.2 Å². The Morgan fingerprint density at radius 3 is 1.61 bits per heavy atom. The van der Waals surface area contributed by atoms with Gasteiger partial charge in [-0.25, -0.2) is 0 Å². The lowest BCUT2D eigenvalue weighted by Crippen LogP contribution is -2.40. The Bertz CT molecular complexity index is 957. The van der Waals surface area contributed by atoms with Crippen LogP contribution in [-0.2, 0) is 52.2 Å². The fourth-order valence-corrected chi connectivity index (χ4v) is 5.95. The number of nitrogens with zero attached hydrogens (tertiary/aromatic N) is 2. The lowest BCUT2D eigenvalue weighted by molar-refractivity contribution is -0.646. The molecule has 0 bridgehead atoms. The maximum absolute atomic E-state index is 13.2. The van der Waals surface area contributed by atoms with Crippen molar-refractivity contribution in [3.63, 3.8) is 0 Å². The van der Waals surface area contributed by atoms with Crippen molar-refractivity contribution in [2.45, 2.75) is 140 Å². The zero-order valence-electron chi connectivity index (χ0n) is 23.0. The van der Waals surface area contributed by atoms with Gasteiger partial charge in [-0.1, -0.05) is 0 Å². The van der Waals surface area contributed by atoms with Crippen LogP contribution in [0.4, 0.5) is 0 Å². The molecular weight excluding hydrogens is 508 g/mol. The summed E-state index contributed by atoms with van der Waals surface area (Å²) in [6, 6.07) is 0. The monoisotopic (exact) mass is 546 g/mol. The molecule has 14 nitrogen and oxygen atoms in total. The zero-order chi connectivity index (χ0) is 27.3. The zero-order valence-corrected chi connectivity index (χ0v) is 23.0. The van der Waals surface area contributed by atoms with Crippen molar-refractivity contribution in [1.29, 1.82) is 0 Å². The third-order valence-corrected chi connectivity index (χ3v) is 7.35. The SMILES string of the molecule is CC1(C)OCC(C2OC(ON=[N+]([O-])C3OC(C4COC(C)(C)O4)C4OC(C)(C)OC43)C3OC(C)(C)OC23)O1. The number of ether oxygens (including phenoxy) is 10. The van der Waals surface area contributed by atoms with Gasteiger partial charge in [0.2, 0.25) is 5.28 Å². The van der Waals surface area contributed by atoms with Crippen LogP contribution in [0, 0.1) is 5.21 Å². The Kier molecular flexibility index (Phi) is 6.32.